The van der Waals surface area contributed by atoms with Crippen LogP contribution in [0.5, 0.6) is 0 Å². The molecule has 0 unspecified atom stereocenters. The number of hydrogen-bond donors (Lipinski definition) is 1. The summed E-state index contributed by atoms with van der Waals surface area (Å²) in [7, 11) is 0. The molecule has 5 rings (SSSR count). The molecule has 7 nitrogen and oxygen atoms in total. The van der Waals surface area contributed by atoms with E-state index in [4.69, 9.17) is 4.74 Å². The minimum atomic E-state index is -0.899. The number of amides is 2. The second-order valence-corrected chi connectivity index (χ2v) is 12.8. The van der Waals surface area contributed by atoms with Crippen LogP contribution in [0.15, 0.2) is 48.5 Å². The summed E-state index contributed by atoms with van der Waals surface area (Å²) in [5, 5.41) is 12.6. The van der Waals surface area contributed by atoms with E-state index in [9.17, 15) is 14.9 Å². The van der Waals surface area contributed by atoms with Crippen molar-refractivity contribution in [3.8, 4) is 6.07 Å². The summed E-state index contributed by atoms with van der Waals surface area (Å²) in [4.78, 5) is 30.3. The molecule has 3 fully saturated rings. The number of carbonyl (C=O) groups excluding carboxylic acids is 2. The highest BCUT2D eigenvalue weighted by molar-refractivity contribution is 5.87. The van der Waals surface area contributed by atoms with Crippen molar-refractivity contribution in [2.24, 2.45) is 5.92 Å². The summed E-state index contributed by atoms with van der Waals surface area (Å²) >= 11 is 0. The number of nitriles is 1. The molecule has 0 aromatic heterocycles. The van der Waals surface area contributed by atoms with Crippen molar-refractivity contribution in [2.75, 3.05) is 13.1 Å². The standard InChI is InChI=1S/C33H41FN4O3/c1-33(2,3)41-32(40)38-28-12-11-26(18-28)30(38)31(39)36-27(20-35)17-25-10-9-24(19-29(25)34)23-13-15-37(16-14-23)21-22-7-5-4-6-8-22/h4-10,19,23,26-28,30H,11-18,21H2,1-3H3,(H,36,39)/t26-,27-,28+,30-/m0/s1. The number of halogens is 1. The zero-order chi connectivity index (χ0) is 29.1. The van der Waals surface area contributed by atoms with Gasteiger partial charge in [0.15, 0.2) is 0 Å². The van der Waals surface area contributed by atoms with Crippen LogP contribution in [0.2, 0.25) is 0 Å². The Bertz CT molecular complexity index is 1280. The molecule has 41 heavy (non-hydrogen) atoms. The molecule has 2 saturated heterocycles. The molecule has 2 aliphatic heterocycles. The van der Waals surface area contributed by atoms with Crippen molar-refractivity contribution in [1.29, 1.82) is 5.26 Å². The Hall–Kier alpha value is -3.44. The first-order valence-corrected chi connectivity index (χ1v) is 14.9. The Kier molecular flexibility index (Phi) is 8.65. The largest absolute Gasteiger partial charge is 0.444 e. The molecular formula is C33H41FN4O3. The van der Waals surface area contributed by atoms with Crippen LogP contribution >= 0.6 is 0 Å². The zero-order valence-electron chi connectivity index (χ0n) is 24.3. The van der Waals surface area contributed by atoms with E-state index in [1.54, 1.807) is 37.8 Å². The van der Waals surface area contributed by atoms with E-state index in [1.807, 2.05) is 12.1 Å². The van der Waals surface area contributed by atoms with Gasteiger partial charge < -0.3 is 10.1 Å². The first-order valence-electron chi connectivity index (χ1n) is 14.9. The Morgan fingerprint density at radius 1 is 1.10 bits per heavy atom. The van der Waals surface area contributed by atoms with Gasteiger partial charge in [-0.2, -0.15) is 5.26 Å². The van der Waals surface area contributed by atoms with Gasteiger partial charge in [0, 0.05) is 19.0 Å². The average Bonchev–Trinajstić information content (AvgIpc) is 3.56. The normalized spacial score (nSPS) is 23.7. The van der Waals surface area contributed by atoms with Gasteiger partial charge in [-0.3, -0.25) is 14.6 Å². The van der Waals surface area contributed by atoms with E-state index < -0.39 is 23.8 Å². The molecule has 2 bridgehead atoms. The average molecular weight is 561 g/mol. The van der Waals surface area contributed by atoms with E-state index in [0.29, 0.717) is 11.5 Å². The fourth-order valence-electron chi connectivity index (χ4n) is 6.76. The van der Waals surface area contributed by atoms with Crippen molar-refractivity contribution < 1.29 is 18.7 Å². The van der Waals surface area contributed by atoms with Crippen LogP contribution in [-0.4, -0.2) is 58.6 Å². The topological polar surface area (TPSA) is 85.7 Å². The summed E-state index contributed by atoms with van der Waals surface area (Å²) in [6.45, 7) is 8.27. The molecule has 0 radical (unpaired) electrons. The molecule has 218 valence electrons. The van der Waals surface area contributed by atoms with Crippen LogP contribution in [0.25, 0.3) is 0 Å². The molecule has 1 saturated carbocycles. The number of likely N-dealkylation sites (tertiary alicyclic amines) is 2. The van der Waals surface area contributed by atoms with E-state index in [0.717, 1.165) is 57.3 Å². The third kappa shape index (κ3) is 6.90. The van der Waals surface area contributed by atoms with Crippen molar-refractivity contribution in [2.45, 2.75) is 95.5 Å². The number of carbonyl (C=O) groups is 2. The molecule has 2 heterocycles. The monoisotopic (exact) mass is 560 g/mol. The van der Waals surface area contributed by atoms with Crippen LogP contribution in [-0.2, 0) is 22.5 Å². The highest BCUT2D eigenvalue weighted by Gasteiger charge is 2.52. The number of hydrogen-bond acceptors (Lipinski definition) is 5. The third-order valence-corrected chi connectivity index (χ3v) is 8.74. The lowest BCUT2D eigenvalue weighted by molar-refractivity contribution is -0.128. The van der Waals surface area contributed by atoms with Gasteiger partial charge in [0.1, 0.15) is 23.5 Å². The minimum absolute atomic E-state index is 0.0265. The number of ether oxygens (including phenoxy) is 1. The number of fused-ring (bicyclic) bond motifs is 2. The van der Waals surface area contributed by atoms with Crippen molar-refractivity contribution in [1.82, 2.24) is 15.1 Å². The van der Waals surface area contributed by atoms with Crippen molar-refractivity contribution >= 4 is 12.0 Å². The first-order chi connectivity index (χ1) is 19.6. The van der Waals surface area contributed by atoms with Gasteiger partial charge in [-0.05, 0) is 101 Å². The zero-order valence-corrected chi connectivity index (χ0v) is 24.3. The summed E-state index contributed by atoms with van der Waals surface area (Å²) in [5.74, 6) is -0.372. The lowest BCUT2D eigenvalue weighted by atomic mass is 9.88. The molecule has 2 aromatic rings. The van der Waals surface area contributed by atoms with E-state index >= 15 is 4.39 Å². The maximum Gasteiger partial charge on any atom is 0.411 e. The first kappa shape index (κ1) is 29.1. The van der Waals surface area contributed by atoms with Crippen LogP contribution in [0.1, 0.15) is 75.5 Å². The molecule has 0 spiro atoms. The van der Waals surface area contributed by atoms with Crippen LogP contribution in [0.3, 0.4) is 0 Å². The molecule has 4 atom stereocenters. The summed E-state index contributed by atoms with van der Waals surface area (Å²) in [5.41, 5.74) is 2.02. The molecule has 8 heteroatoms. The van der Waals surface area contributed by atoms with Gasteiger partial charge in [0.05, 0.1) is 6.07 Å². The summed E-state index contributed by atoms with van der Waals surface area (Å²) < 4.78 is 20.8. The predicted molar refractivity (Wildman–Crippen MR) is 154 cm³/mol. The number of benzene rings is 2. The molecule has 1 aliphatic carbocycles. The molecule has 1 N–H and O–H groups in total. The predicted octanol–water partition coefficient (Wildman–Crippen LogP) is 5.54. The van der Waals surface area contributed by atoms with Crippen molar-refractivity contribution in [3.63, 3.8) is 0 Å². The second-order valence-electron chi connectivity index (χ2n) is 12.8. The van der Waals surface area contributed by atoms with Crippen LogP contribution in [0, 0.1) is 23.1 Å². The highest BCUT2D eigenvalue weighted by Crippen LogP contribution is 2.43. The molecule has 2 amide bonds. The van der Waals surface area contributed by atoms with Gasteiger partial charge in [0.25, 0.3) is 0 Å². The number of rotatable bonds is 7. The Labute approximate surface area is 242 Å². The Morgan fingerprint density at radius 3 is 2.49 bits per heavy atom. The van der Waals surface area contributed by atoms with Gasteiger partial charge >= 0.3 is 6.09 Å². The maximum absolute atomic E-state index is 15.3. The number of nitrogens with zero attached hydrogens (tertiary/aromatic N) is 3. The fraction of sp³-hybridized carbons (Fsp3) is 0.545. The smallest absolute Gasteiger partial charge is 0.411 e. The SMILES string of the molecule is CC(C)(C)OC(=O)N1[C@@H]2CC[C@@H](C2)[C@H]1C(=O)N[C@H](C#N)Cc1ccc(C2CCN(Cc3ccccc3)CC2)cc1F. The summed E-state index contributed by atoms with van der Waals surface area (Å²) in [6, 6.07) is 16.3. The van der Waals surface area contributed by atoms with E-state index in [1.165, 1.54) is 5.56 Å². The quantitative estimate of drug-likeness (QED) is 0.480. The fourth-order valence-corrected chi connectivity index (χ4v) is 6.76. The Morgan fingerprint density at radius 2 is 1.83 bits per heavy atom. The number of nitrogens with one attached hydrogen (secondary N) is 1. The molecule has 3 aliphatic rings. The van der Waals surface area contributed by atoms with E-state index in [-0.39, 0.29) is 30.1 Å². The van der Waals surface area contributed by atoms with E-state index in [2.05, 4.69) is 40.6 Å². The van der Waals surface area contributed by atoms with Gasteiger partial charge in [-0.1, -0.05) is 42.5 Å². The van der Waals surface area contributed by atoms with Gasteiger partial charge in [-0.15, -0.1) is 0 Å². The van der Waals surface area contributed by atoms with Gasteiger partial charge in [-0.25, -0.2) is 9.18 Å². The van der Waals surface area contributed by atoms with Crippen LogP contribution < -0.4 is 5.32 Å². The lowest BCUT2D eigenvalue weighted by Gasteiger charge is -2.35. The molecule has 2 aromatic carbocycles. The van der Waals surface area contributed by atoms with Crippen molar-refractivity contribution in [3.05, 3.63) is 71.0 Å². The minimum Gasteiger partial charge on any atom is -0.444 e. The molecular weight excluding hydrogens is 519 g/mol. The second kappa shape index (κ2) is 12.2. The third-order valence-electron chi connectivity index (χ3n) is 8.74. The summed E-state index contributed by atoms with van der Waals surface area (Å²) in [6.07, 6.45) is 3.98. The Balaban J connectivity index is 1.17. The number of piperidine rings is 2. The lowest BCUT2D eigenvalue weighted by Crippen LogP contribution is -2.55. The van der Waals surface area contributed by atoms with Crippen LogP contribution in [0.4, 0.5) is 9.18 Å². The highest BCUT2D eigenvalue weighted by atomic mass is 19.1. The van der Waals surface area contributed by atoms with Gasteiger partial charge in [0.2, 0.25) is 5.91 Å². The maximum atomic E-state index is 15.3.